The average Bonchev–Trinajstić information content (AvgIpc) is 3.46. The number of rotatable bonds is 5. The van der Waals surface area contributed by atoms with Gasteiger partial charge in [0.2, 0.25) is 0 Å². The van der Waals surface area contributed by atoms with Crippen LogP contribution in [0.15, 0.2) is 36.4 Å². The highest BCUT2D eigenvalue weighted by atomic mass is 35.5. The molecule has 1 aliphatic heterocycles. The number of amides is 1. The Hall–Kier alpha value is -2.40. The Bertz CT molecular complexity index is 851. The number of anilines is 1. The Balaban J connectivity index is 1.80. The van der Waals surface area contributed by atoms with Gasteiger partial charge in [-0.3, -0.25) is 4.79 Å². The summed E-state index contributed by atoms with van der Waals surface area (Å²) in [4.78, 5) is 15.0. The molecule has 0 spiro atoms. The van der Waals surface area contributed by atoms with Gasteiger partial charge in [-0.25, -0.2) is 0 Å². The van der Waals surface area contributed by atoms with Crippen LogP contribution in [0.1, 0.15) is 41.9 Å². The van der Waals surface area contributed by atoms with E-state index in [0.717, 1.165) is 24.1 Å². The summed E-state index contributed by atoms with van der Waals surface area (Å²) in [7, 11) is 1.57. The van der Waals surface area contributed by atoms with E-state index < -0.39 is 0 Å². The minimum atomic E-state index is -0.285. The van der Waals surface area contributed by atoms with Crippen LogP contribution in [0.4, 0.5) is 5.69 Å². The van der Waals surface area contributed by atoms with Crippen LogP contribution in [0.2, 0.25) is 5.02 Å². The molecule has 2 aromatic rings. The lowest BCUT2D eigenvalue weighted by atomic mass is 10.0. The van der Waals surface area contributed by atoms with Crippen molar-refractivity contribution >= 4 is 23.2 Å². The number of nitrogens with zero attached hydrogens (tertiary/aromatic N) is 1. The lowest BCUT2D eigenvalue weighted by Crippen LogP contribution is -2.44. The molecule has 2 aromatic carbocycles. The van der Waals surface area contributed by atoms with Crippen molar-refractivity contribution in [2.24, 2.45) is 0 Å². The number of para-hydroxylation sites is 1. The normalized spacial score (nSPS) is 19.0. The van der Waals surface area contributed by atoms with E-state index in [9.17, 15) is 4.79 Å². The molecule has 26 heavy (non-hydrogen) atoms. The predicted molar refractivity (Wildman–Crippen MR) is 101 cm³/mol. The van der Waals surface area contributed by atoms with Gasteiger partial charge in [-0.2, -0.15) is 0 Å². The first kappa shape index (κ1) is 17.0. The number of methoxy groups -OCH3 is 1. The molecule has 4 rings (SSSR count). The molecule has 0 aromatic heterocycles. The van der Waals surface area contributed by atoms with Gasteiger partial charge in [-0.05, 0) is 44.0 Å². The topological polar surface area (TPSA) is 50.8 Å². The van der Waals surface area contributed by atoms with E-state index in [1.807, 2.05) is 48.2 Å². The largest absolute Gasteiger partial charge is 0.491 e. The summed E-state index contributed by atoms with van der Waals surface area (Å²) in [6, 6.07) is 11.6. The fraction of sp³-hybridized carbons (Fsp3) is 0.350. The molecular weight excluding hydrogens is 352 g/mol. The highest BCUT2D eigenvalue weighted by Gasteiger charge is 2.42. The predicted octanol–water partition coefficient (Wildman–Crippen LogP) is 4.48. The van der Waals surface area contributed by atoms with Crippen LogP contribution in [-0.4, -0.2) is 30.6 Å². The number of halogens is 1. The third-order valence-electron chi connectivity index (χ3n) is 4.75. The van der Waals surface area contributed by atoms with Crippen molar-refractivity contribution in [1.29, 1.82) is 0 Å². The number of fused-ring (bicyclic) bond motifs is 1. The second kappa shape index (κ2) is 6.72. The third kappa shape index (κ3) is 2.86. The molecule has 1 aliphatic carbocycles. The van der Waals surface area contributed by atoms with Gasteiger partial charge < -0.3 is 19.7 Å². The van der Waals surface area contributed by atoms with Gasteiger partial charge in [0.1, 0.15) is 6.17 Å². The Labute approximate surface area is 157 Å². The van der Waals surface area contributed by atoms with Crippen molar-refractivity contribution in [2.75, 3.05) is 19.0 Å². The van der Waals surface area contributed by atoms with E-state index in [1.165, 1.54) is 0 Å². The number of carbonyl (C=O) groups is 1. The number of benzene rings is 2. The first-order valence-electron chi connectivity index (χ1n) is 8.82. The standard InChI is InChI=1S/C20H21ClN2O3/c1-3-26-17-11-12(10-15(21)18(17)25-2)19-22-16-7-5-4-6-14(16)20(24)23(19)13-8-9-13/h4-7,10-11,13,19,22H,3,8-9H2,1-2H3. The van der Waals surface area contributed by atoms with E-state index in [2.05, 4.69) is 5.32 Å². The van der Waals surface area contributed by atoms with E-state index >= 15 is 0 Å². The fourth-order valence-electron chi connectivity index (χ4n) is 3.45. The van der Waals surface area contributed by atoms with Crippen molar-refractivity contribution < 1.29 is 14.3 Å². The van der Waals surface area contributed by atoms with Crippen molar-refractivity contribution in [2.45, 2.75) is 32.0 Å². The smallest absolute Gasteiger partial charge is 0.258 e. The summed E-state index contributed by atoms with van der Waals surface area (Å²) < 4.78 is 11.1. The summed E-state index contributed by atoms with van der Waals surface area (Å²) in [5.74, 6) is 1.15. The number of hydrogen-bond acceptors (Lipinski definition) is 4. The average molecular weight is 373 g/mol. The SMILES string of the molecule is CCOc1cc(C2Nc3ccccc3C(=O)N2C2CC2)cc(Cl)c1OC. The molecule has 136 valence electrons. The van der Waals surface area contributed by atoms with Gasteiger partial charge in [0.25, 0.3) is 5.91 Å². The molecule has 1 heterocycles. The van der Waals surface area contributed by atoms with Crippen LogP contribution in [0, 0.1) is 0 Å². The first-order chi connectivity index (χ1) is 12.6. The van der Waals surface area contributed by atoms with Gasteiger partial charge >= 0.3 is 0 Å². The Morgan fingerprint density at radius 3 is 2.73 bits per heavy atom. The maximum atomic E-state index is 13.1. The summed E-state index contributed by atoms with van der Waals surface area (Å²) >= 11 is 6.43. The molecule has 0 saturated heterocycles. The molecule has 1 unspecified atom stereocenters. The first-order valence-corrected chi connectivity index (χ1v) is 9.20. The molecule has 1 amide bonds. The third-order valence-corrected chi connectivity index (χ3v) is 5.03. The van der Waals surface area contributed by atoms with Crippen molar-refractivity contribution in [3.8, 4) is 11.5 Å². The number of nitrogens with one attached hydrogen (secondary N) is 1. The monoisotopic (exact) mass is 372 g/mol. The van der Waals surface area contributed by atoms with Gasteiger partial charge in [0, 0.05) is 17.3 Å². The zero-order valence-electron chi connectivity index (χ0n) is 14.8. The zero-order valence-corrected chi connectivity index (χ0v) is 15.5. The summed E-state index contributed by atoms with van der Waals surface area (Å²) in [6.07, 6.45) is 1.76. The number of ether oxygens (including phenoxy) is 2. The number of carbonyl (C=O) groups excluding carboxylic acids is 1. The van der Waals surface area contributed by atoms with Crippen LogP contribution >= 0.6 is 11.6 Å². The molecule has 1 atom stereocenters. The zero-order chi connectivity index (χ0) is 18.3. The molecule has 0 radical (unpaired) electrons. The molecule has 6 heteroatoms. The second-order valence-corrected chi connectivity index (χ2v) is 6.91. The second-order valence-electron chi connectivity index (χ2n) is 6.50. The van der Waals surface area contributed by atoms with Gasteiger partial charge in [0.15, 0.2) is 11.5 Å². The highest BCUT2D eigenvalue weighted by molar-refractivity contribution is 6.32. The van der Waals surface area contributed by atoms with Crippen LogP contribution < -0.4 is 14.8 Å². The molecule has 5 nitrogen and oxygen atoms in total. The molecule has 0 bridgehead atoms. The fourth-order valence-corrected chi connectivity index (χ4v) is 3.75. The molecule has 1 N–H and O–H groups in total. The van der Waals surface area contributed by atoms with Crippen molar-refractivity contribution in [3.63, 3.8) is 0 Å². The van der Waals surface area contributed by atoms with Crippen molar-refractivity contribution in [3.05, 3.63) is 52.5 Å². The Morgan fingerprint density at radius 2 is 2.04 bits per heavy atom. The van der Waals surface area contributed by atoms with E-state index in [4.69, 9.17) is 21.1 Å². The lowest BCUT2D eigenvalue weighted by molar-refractivity contribution is 0.0666. The highest BCUT2D eigenvalue weighted by Crippen LogP contribution is 2.44. The minimum Gasteiger partial charge on any atom is -0.491 e. The molecule has 2 aliphatic rings. The molecule has 1 saturated carbocycles. The number of hydrogen-bond donors (Lipinski definition) is 1. The van der Waals surface area contributed by atoms with Crippen LogP contribution in [-0.2, 0) is 0 Å². The minimum absolute atomic E-state index is 0.0525. The molecular formula is C20H21ClN2O3. The maximum absolute atomic E-state index is 13.1. The lowest BCUT2D eigenvalue weighted by Gasteiger charge is -2.38. The van der Waals surface area contributed by atoms with E-state index in [-0.39, 0.29) is 18.1 Å². The quantitative estimate of drug-likeness (QED) is 0.840. The van der Waals surface area contributed by atoms with Crippen LogP contribution in [0.5, 0.6) is 11.5 Å². The van der Waals surface area contributed by atoms with Crippen LogP contribution in [0.25, 0.3) is 0 Å². The Kier molecular flexibility index (Phi) is 4.41. The van der Waals surface area contributed by atoms with Gasteiger partial charge in [0.05, 0.1) is 24.3 Å². The van der Waals surface area contributed by atoms with Gasteiger partial charge in [-0.15, -0.1) is 0 Å². The summed E-state index contributed by atoms with van der Waals surface area (Å²) in [5, 5.41) is 3.97. The summed E-state index contributed by atoms with van der Waals surface area (Å²) in [5.41, 5.74) is 2.43. The van der Waals surface area contributed by atoms with Gasteiger partial charge in [-0.1, -0.05) is 23.7 Å². The van der Waals surface area contributed by atoms with Crippen molar-refractivity contribution in [1.82, 2.24) is 4.90 Å². The maximum Gasteiger partial charge on any atom is 0.258 e. The van der Waals surface area contributed by atoms with E-state index in [1.54, 1.807) is 7.11 Å². The van der Waals surface area contributed by atoms with E-state index in [0.29, 0.717) is 28.7 Å². The Morgan fingerprint density at radius 1 is 1.27 bits per heavy atom. The van der Waals surface area contributed by atoms with Crippen LogP contribution in [0.3, 0.4) is 0 Å². The summed E-state index contributed by atoms with van der Waals surface area (Å²) in [6.45, 7) is 2.41. The molecule has 1 fully saturated rings.